The molecule has 3 aromatic carbocycles. The van der Waals surface area contributed by atoms with E-state index in [2.05, 4.69) is 47.1 Å². The number of methoxy groups -OCH3 is 1. The van der Waals surface area contributed by atoms with Crippen molar-refractivity contribution in [1.82, 2.24) is 13.9 Å². The Morgan fingerprint density at radius 2 is 2.00 bits per heavy atom. The molecule has 2 aromatic heterocycles. The number of imidazole rings is 1. The molecule has 13 heteroatoms. The summed E-state index contributed by atoms with van der Waals surface area (Å²) >= 11 is 7.28. The van der Waals surface area contributed by atoms with Gasteiger partial charge in [0.15, 0.2) is 11.6 Å². The fourth-order valence-electron chi connectivity index (χ4n) is 4.77. The summed E-state index contributed by atoms with van der Waals surface area (Å²) in [5.74, 6) is 0.852. The van der Waals surface area contributed by atoms with Gasteiger partial charge in [0.25, 0.3) is 0 Å². The lowest BCUT2D eigenvalue weighted by Gasteiger charge is -2.15. The zero-order valence-electron chi connectivity index (χ0n) is 23.5. The van der Waals surface area contributed by atoms with E-state index in [9.17, 15) is 4.79 Å². The van der Waals surface area contributed by atoms with Crippen LogP contribution in [0, 0.1) is 11.6 Å². The van der Waals surface area contributed by atoms with Gasteiger partial charge in [0.05, 0.1) is 36.1 Å². The van der Waals surface area contributed by atoms with Crippen LogP contribution in [0.1, 0.15) is 35.7 Å². The van der Waals surface area contributed by atoms with Crippen LogP contribution in [0.4, 0.5) is 8.78 Å². The number of aryl methyl sites for hydroxylation is 1. The molecule has 7 nitrogen and oxygen atoms in total. The number of aromatic nitrogens is 3. The van der Waals surface area contributed by atoms with Gasteiger partial charge >= 0.3 is 5.97 Å². The fourth-order valence-corrected chi connectivity index (χ4v) is 7.45. The van der Waals surface area contributed by atoms with Gasteiger partial charge in [0.2, 0.25) is 0 Å². The van der Waals surface area contributed by atoms with Gasteiger partial charge in [-0.15, -0.1) is 0 Å². The standard InChI is InChI=1S/C31H28BrF2IN4O3S2/c1-41-28(40)6-3-12-43-13-10-22-21-9-11-39(44-35)27(21)16-25(34)30(22)42-20-7-8-24(33)23(15-20)31-37-17-26(38-31)29(36)18-4-2-5-19(32)14-18/h2,4-5,7-9,11,14-17,29H,3,6,10,12-13,36H2,1H3,(H,37,38). The highest BCUT2D eigenvalue weighted by Gasteiger charge is 2.20. The quantitative estimate of drug-likeness (QED) is 0.0697. The Labute approximate surface area is 282 Å². The molecule has 2 heterocycles. The number of carbonyl (C=O) groups is 1. The lowest BCUT2D eigenvalue weighted by atomic mass is 10.1. The summed E-state index contributed by atoms with van der Waals surface area (Å²) < 4.78 is 44.4. The normalized spacial score (nSPS) is 12.0. The Hall–Kier alpha value is -2.59. The average Bonchev–Trinajstić information content (AvgIpc) is 3.68. The van der Waals surface area contributed by atoms with Crippen LogP contribution in [0.3, 0.4) is 0 Å². The van der Waals surface area contributed by atoms with Gasteiger partial charge in [-0.1, -0.05) is 28.1 Å². The topological polar surface area (TPSA) is 95.2 Å². The van der Waals surface area contributed by atoms with E-state index in [0.717, 1.165) is 32.3 Å². The summed E-state index contributed by atoms with van der Waals surface area (Å²) in [5.41, 5.74) is 9.56. The molecule has 1 unspecified atom stereocenters. The van der Waals surface area contributed by atoms with Gasteiger partial charge in [-0.3, -0.25) is 8.77 Å². The molecule has 0 spiro atoms. The highest BCUT2D eigenvalue weighted by Crippen LogP contribution is 2.39. The zero-order valence-corrected chi connectivity index (χ0v) is 28.9. The van der Waals surface area contributed by atoms with E-state index in [-0.39, 0.29) is 28.9 Å². The van der Waals surface area contributed by atoms with Gasteiger partial charge in [0.1, 0.15) is 17.4 Å². The number of nitrogens with two attached hydrogens (primary N) is 1. The third-order valence-electron chi connectivity index (χ3n) is 6.99. The average molecular weight is 814 g/mol. The van der Waals surface area contributed by atoms with Crippen molar-refractivity contribution in [1.29, 1.82) is 0 Å². The van der Waals surface area contributed by atoms with E-state index < -0.39 is 17.7 Å². The first kappa shape index (κ1) is 32.8. The number of nitrogens with zero attached hydrogens (tertiary/aromatic N) is 2. The molecule has 0 aliphatic heterocycles. The molecule has 5 aromatic rings. The summed E-state index contributed by atoms with van der Waals surface area (Å²) in [5, 5.41) is 0.875. The lowest BCUT2D eigenvalue weighted by molar-refractivity contribution is -0.140. The third-order valence-corrected chi connectivity index (χ3v) is 10.3. The molecule has 0 aliphatic rings. The molecule has 5 rings (SSSR count). The summed E-state index contributed by atoms with van der Waals surface area (Å²) in [6.07, 6.45) is 5.06. The predicted octanol–water partition coefficient (Wildman–Crippen LogP) is 8.99. The van der Waals surface area contributed by atoms with Crippen molar-refractivity contribution < 1.29 is 23.0 Å². The number of halogens is 4. The number of aromatic amines is 1. The first-order valence-corrected chi connectivity index (χ1v) is 18.8. The van der Waals surface area contributed by atoms with Crippen molar-refractivity contribution in [2.75, 3.05) is 18.6 Å². The largest absolute Gasteiger partial charge is 0.469 e. The first-order chi connectivity index (χ1) is 21.3. The highest BCUT2D eigenvalue weighted by atomic mass is 127. The second-order valence-corrected chi connectivity index (χ2v) is 13.7. The Bertz CT molecular complexity index is 1780. The number of carbonyl (C=O) groups excluding carboxylic acids is 1. The number of ether oxygens (including phenoxy) is 2. The molecule has 0 saturated heterocycles. The van der Waals surface area contributed by atoms with Crippen LogP contribution in [-0.4, -0.2) is 38.5 Å². The van der Waals surface area contributed by atoms with Gasteiger partial charge < -0.3 is 20.2 Å². The van der Waals surface area contributed by atoms with Crippen LogP contribution in [0.5, 0.6) is 11.5 Å². The minimum Gasteiger partial charge on any atom is -0.469 e. The van der Waals surface area contributed by atoms with Crippen molar-refractivity contribution in [3.63, 3.8) is 0 Å². The Morgan fingerprint density at radius 3 is 2.77 bits per heavy atom. The number of rotatable bonds is 13. The molecule has 0 amide bonds. The van der Waals surface area contributed by atoms with Crippen LogP contribution >= 0.6 is 58.0 Å². The number of nitrogens with one attached hydrogen (secondary N) is 1. The van der Waals surface area contributed by atoms with Crippen LogP contribution < -0.4 is 10.5 Å². The lowest BCUT2D eigenvalue weighted by Crippen LogP contribution is -2.12. The van der Waals surface area contributed by atoms with Crippen LogP contribution in [0.25, 0.3) is 22.3 Å². The molecule has 0 fully saturated rings. The number of H-pyrrole nitrogens is 1. The van der Waals surface area contributed by atoms with E-state index in [4.69, 9.17) is 15.2 Å². The molecule has 3 N–H and O–H groups in total. The molecule has 0 saturated carbocycles. The monoisotopic (exact) mass is 812 g/mol. The van der Waals surface area contributed by atoms with Gasteiger partial charge in [0, 0.05) is 64.4 Å². The van der Waals surface area contributed by atoms with Crippen molar-refractivity contribution in [3.05, 3.63) is 99.9 Å². The van der Waals surface area contributed by atoms with Crippen LogP contribution in [0.2, 0.25) is 0 Å². The van der Waals surface area contributed by atoms with Gasteiger partial charge in [-0.25, -0.2) is 13.8 Å². The van der Waals surface area contributed by atoms with E-state index in [1.165, 1.54) is 40.5 Å². The number of thioether (sulfide) groups is 1. The van der Waals surface area contributed by atoms with Gasteiger partial charge in [-0.2, -0.15) is 11.8 Å². The second kappa shape index (κ2) is 15.1. The fraction of sp³-hybridized carbons (Fsp3) is 0.226. The summed E-state index contributed by atoms with van der Waals surface area (Å²) in [7, 11) is 2.82. The predicted molar refractivity (Wildman–Crippen MR) is 185 cm³/mol. The Kier molecular flexibility index (Phi) is 11.3. The van der Waals surface area contributed by atoms with Crippen molar-refractivity contribution >= 4 is 74.9 Å². The number of esters is 1. The second-order valence-electron chi connectivity index (χ2n) is 9.82. The summed E-state index contributed by atoms with van der Waals surface area (Å²) in [6, 6.07) is 14.8. The van der Waals surface area contributed by atoms with Crippen molar-refractivity contribution in [2.24, 2.45) is 5.73 Å². The number of fused-ring (bicyclic) bond motifs is 1. The molecular formula is C31H28BrF2IN4O3S2. The molecule has 0 aliphatic carbocycles. The van der Waals surface area contributed by atoms with Crippen LogP contribution in [-0.2, 0) is 16.0 Å². The third kappa shape index (κ3) is 7.61. The SMILES string of the molecule is COC(=O)CCCSCCc1c(Oc2ccc(F)c(-c3ncc(C(N)c4cccc(Br)c4)[nH]3)c2)c(F)cc2c1ccn2SI. The summed E-state index contributed by atoms with van der Waals surface area (Å²) in [4.78, 5) is 18.9. The molecule has 44 heavy (non-hydrogen) atoms. The smallest absolute Gasteiger partial charge is 0.305 e. The minimum atomic E-state index is -0.514. The first-order valence-electron chi connectivity index (χ1n) is 13.6. The molecule has 230 valence electrons. The summed E-state index contributed by atoms with van der Waals surface area (Å²) in [6.45, 7) is 0. The number of benzene rings is 3. The zero-order chi connectivity index (χ0) is 31.2. The maximum absolute atomic E-state index is 15.7. The van der Waals surface area contributed by atoms with Crippen molar-refractivity contribution in [2.45, 2.75) is 25.3 Å². The van der Waals surface area contributed by atoms with E-state index in [0.29, 0.717) is 30.7 Å². The number of hydrogen-bond acceptors (Lipinski definition) is 7. The van der Waals surface area contributed by atoms with E-state index >= 15 is 8.78 Å². The Morgan fingerprint density at radius 1 is 1.16 bits per heavy atom. The van der Waals surface area contributed by atoms with Gasteiger partial charge in [-0.05, 0) is 66.3 Å². The maximum Gasteiger partial charge on any atom is 0.305 e. The van der Waals surface area contributed by atoms with E-state index in [1.807, 2.05) is 40.5 Å². The highest BCUT2D eigenvalue weighted by molar-refractivity contribution is 14.2. The van der Waals surface area contributed by atoms with E-state index in [1.54, 1.807) is 18.0 Å². The number of hydrogen-bond donors (Lipinski definition) is 2. The maximum atomic E-state index is 15.7. The van der Waals surface area contributed by atoms with Crippen molar-refractivity contribution in [3.8, 4) is 22.9 Å². The molecule has 0 radical (unpaired) electrons. The minimum absolute atomic E-state index is 0.0956. The molecule has 0 bridgehead atoms. The molecule has 1 atom stereocenters. The molecular weight excluding hydrogens is 785 g/mol. The Balaban J connectivity index is 1.40. The van der Waals surface area contributed by atoms with Crippen LogP contribution in [0.15, 0.2) is 71.5 Å².